The summed E-state index contributed by atoms with van der Waals surface area (Å²) in [6, 6.07) is 29.4. The zero-order valence-electron chi connectivity index (χ0n) is 53.0. The number of carbonyl (C=O) groups excluding carboxylic acids is 5. The number of guanidine groups is 3. The summed E-state index contributed by atoms with van der Waals surface area (Å²) in [4.78, 5) is 94.8. The molecule has 7 aliphatic rings. The maximum atomic E-state index is 13.5. The first-order valence-electron chi connectivity index (χ1n) is 32.5. The molecule has 11 rings (SSSR count). The molecule has 21 heteroatoms. The predicted molar refractivity (Wildman–Crippen MR) is 351 cm³/mol. The van der Waals surface area contributed by atoms with Gasteiger partial charge in [0.05, 0.1) is 17.6 Å². The minimum absolute atomic E-state index is 0.00492. The second-order valence-electron chi connectivity index (χ2n) is 26.2. The van der Waals surface area contributed by atoms with E-state index in [-0.39, 0.29) is 71.6 Å². The van der Waals surface area contributed by atoms with E-state index < -0.39 is 27.6 Å². The van der Waals surface area contributed by atoms with Crippen LogP contribution in [0, 0.1) is 33.8 Å². The van der Waals surface area contributed by atoms with Gasteiger partial charge in [-0.25, -0.2) is 15.0 Å². The predicted octanol–water partition coefficient (Wildman–Crippen LogP) is 10.2. The van der Waals surface area contributed by atoms with Crippen molar-refractivity contribution in [3.8, 4) is 22.3 Å². The third-order valence-corrected chi connectivity index (χ3v) is 19.6. The van der Waals surface area contributed by atoms with E-state index in [0.717, 1.165) is 112 Å². The van der Waals surface area contributed by atoms with Gasteiger partial charge in [0.15, 0.2) is 29.0 Å². The van der Waals surface area contributed by atoms with Crippen LogP contribution in [0.3, 0.4) is 0 Å². The molecule has 90 heavy (non-hydrogen) atoms. The first kappa shape index (κ1) is 66.7. The van der Waals surface area contributed by atoms with Crippen LogP contribution in [-0.4, -0.2) is 128 Å². The number of unbranched alkanes of at least 4 members (excludes halogenated alkanes) is 1. The highest BCUT2D eigenvalue weighted by Gasteiger charge is 2.58. The molecule has 20 nitrogen and oxygen atoms in total. The number of non-ortho nitro benzene ring substituents is 1. The van der Waals surface area contributed by atoms with Crippen molar-refractivity contribution in [1.82, 2.24) is 24.9 Å². The molecule has 4 aromatic rings. The van der Waals surface area contributed by atoms with Crippen LogP contribution in [0.15, 0.2) is 112 Å². The fraction of sp³-hybridized carbons (Fsp3) is 0.536. The topological polar surface area (TPSA) is 289 Å². The molecule has 0 radical (unpaired) electrons. The van der Waals surface area contributed by atoms with Gasteiger partial charge in [0.1, 0.15) is 5.54 Å². The molecule has 1 saturated heterocycles. The van der Waals surface area contributed by atoms with Gasteiger partial charge in [0.2, 0.25) is 11.8 Å². The Bertz CT molecular complexity index is 3370. The monoisotopic (exact) mass is 1250 g/mol. The van der Waals surface area contributed by atoms with Crippen LogP contribution in [0.25, 0.3) is 22.3 Å². The molecule has 5 amide bonds. The van der Waals surface area contributed by atoms with E-state index in [0.29, 0.717) is 54.1 Å². The quantitative estimate of drug-likeness (QED) is 0.0435. The molecule has 4 heterocycles. The van der Waals surface area contributed by atoms with E-state index in [9.17, 15) is 39.2 Å². The molecule has 3 saturated carbocycles. The van der Waals surface area contributed by atoms with Crippen LogP contribution in [-0.2, 0) is 35.1 Å². The van der Waals surface area contributed by atoms with Crippen molar-refractivity contribution in [3.63, 3.8) is 0 Å². The number of likely N-dealkylation sites (N-methyl/N-ethyl adjacent to an activating group) is 1. The average molecular weight is 1250 g/mol. The Morgan fingerprint density at radius 2 is 1.34 bits per heavy atom. The number of carbonyl (C=O) groups is 5. The zero-order chi connectivity index (χ0) is 64.5. The number of benzene rings is 4. The Kier molecular flexibility index (Phi) is 21.5. The number of nitrogens with two attached hydrogens (primary N) is 3. The molecule has 0 aromatic heterocycles. The standard InChI is InChI=1S/C24H27N5O4.C24H42N4O2.C21H22ClN3O2/c1-16(30)27-11-9-17(10-12-27)15-28-22(31)24(2,26-23(28)25)20-7-3-5-18(13-20)19-6-4-8-21(14-19)29(32)33;1-3-4-13-21(29)26-20-12-8-11-19(16-20)17-24(22(30)28(2)23(25)27-24)15-14-18-9-6-5-7-10-18;1-13(26)12-25-19(27)21(16-8-9-16,24-20(25)23)17-6-2-4-14(10-17)15-5-3-7-18(22)11-15/h3-8,13-14,17H,9-12,15H2,1-2H3,(H2,25,26);18-20H,3-17H2,1-2H3,(H2,25,27)(H,26,29);2-7,10-11,13,16,26H,8-9,12H2,1H3,(H2,23,24)/t;19-,20+,24+;/m.0./s1. The van der Waals surface area contributed by atoms with E-state index in [1.54, 1.807) is 49.8 Å². The zero-order valence-corrected chi connectivity index (χ0v) is 53.7. The highest BCUT2D eigenvalue weighted by Crippen LogP contribution is 2.52. The number of β-amino-alcohol motifs (C(OH)–C–C–N with tert-alkyl or cyclic N) is 1. The number of halogens is 1. The van der Waals surface area contributed by atoms with Gasteiger partial charge in [-0.2, -0.15) is 0 Å². The van der Waals surface area contributed by atoms with Gasteiger partial charge in [-0.15, -0.1) is 0 Å². The highest BCUT2D eigenvalue weighted by atomic mass is 35.5. The molecule has 4 aliphatic heterocycles. The molecule has 4 fully saturated rings. The fourth-order valence-electron chi connectivity index (χ4n) is 14.2. The van der Waals surface area contributed by atoms with Crippen LogP contribution in [0.4, 0.5) is 5.69 Å². The summed E-state index contributed by atoms with van der Waals surface area (Å²) in [6.45, 7) is 9.05. The number of aliphatic imine (C=N–C) groups is 3. The van der Waals surface area contributed by atoms with Gasteiger partial charge in [0.25, 0.3) is 23.4 Å². The average Bonchev–Trinajstić information content (AvgIpc) is 1.60. The summed E-state index contributed by atoms with van der Waals surface area (Å²) in [5.41, 5.74) is 20.5. The molecule has 3 aliphatic carbocycles. The second kappa shape index (κ2) is 29.1. The van der Waals surface area contributed by atoms with Crippen LogP contribution < -0.4 is 22.5 Å². The number of nitro benzene ring substituents is 1. The Balaban J connectivity index is 0.000000161. The van der Waals surface area contributed by atoms with Crippen LogP contribution >= 0.6 is 11.6 Å². The van der Waals surface area contributed by atoms with Crippen LogP contribution in [0.5, 0.6) is 0 Å². The molecule has 6 atom stereocenters. The lowest BCUT2D eigenvalue weighted by Gasteiger charge is -2.35. The molecular formula is C69H91ClN12O8. The third kappa shape index (κ3) is 15.4. The lowest BCUT2D eigenvalue weighted by atomic mass is 9.74. The van der Waals surface area contributed by atoms with Crippen molar-refractivity contribution in [2.75, 3.05) is 33.2 Å². The fourth-order valence-corrected chi connectivity index (χ4v) is 14.4. The number of likely N-dealkylation sites (tertiary alicyclic amines) is 1. The number of hydrogen-bond acceptors (Lipinski definition) is 14. The number of aliphatic hydroxyl groups is 1. The van der Waals surface area contributed by atoms with Crippen LogP contribution in [0.2, 0.25) is 5.02 Å². The first-order chi connectivity index (χ1) is 43.0. The van der Waals surface area contributed by atoms with Gasteiger partial charge in [-0.3, -0.25) is 48.8 Å². The first-order valence-corrected chi connectivity index (χ1v) is 32.8. The number of hydrogen-bond donors (Lipinski definition) is 5. The molecule has 0 bridgehead atoms. The summed E-state index contributed by atoms with van der Waals surface area (Å²) >= 11 is 6.14. The number of nitrogens with one attached hydrogen (secondary N) is 1. The van der Waals surface area contributed by atoms with Gasteiger partial charge in [0, 0.05) is 63.2 Å². The Morgan fingerprint density at radius 3 is 1.96 bits per heavy atom. The normalized spacial score (nSPS) is 25.0. The molecule has 8 N–H and O–H groups in total. The summed E-state index contributed by atoms with van der Waals surface area (Å²) in [5.74, 6) is 2.24. The largest absolute Gasteiger partial charge is 0.392 e. The molecule has 3 unspecified atom stereocenters. The van der Waals surface area contributed by atoms with Gasteiger partial charge in [-0.05, 0) is 159 Å². The Hall–Kier alpha value is -7.71. The highest BCUT2D eigenvalue weighted by molar-refractivity contribution is 6.30. The van der Waals surface area contributed by atoms with Gasteiger partial charge in [-0.1, -0.05) is 131 Å². The van der Waals surface area contributed by atoms with Gasteiger partial charge >= 0.3 is 0 Å². The number of nitro groups is 1. The molecular weight excluding hydrogens is 1160 g/mol. The Morgan fingerprint density at radius 1 is 0.733 bits per heavy atom. The second-order valence-corrected chi connectivity index (χ2v) is 26.6. The van der Waals surface area contributed by atoms with E-state index >= 15 is 0 Å². The van der Waals surface area contributed by atoms with Crippen molar-refractivity contribution in [3.05, 3.63) is 123 Å². The van der Waals surface area contributed by atoms with Crippen molar-refractivity contribution >= 4 is 64.7 Å². The minimum atomic E-state index is -1.17. The maximum Gasteiger partial charge on any atom is 0.270 e. The Labute approximate surface area is 534 Å². The van der Waals surface area contributed by atoms with Gasteiger partial charge < -0.3 is 32.5 Å². The third-order valence-electron chi connectivity index (χ3n) is 19.4. The lowest BCUT2D eigenvalue weighted by molar-refractivity contribution is -0.384. The maximum absolute atomic E-state index is 13.5. The number of rotatable bonds is 19. The molecule has 4 aromatic carbocycles. The number of amides is 5. The summed E-state index contributed by atoms with van der Waals surface area (Å²) < 4.78 is 0. The van der Waals surface area contributed by atoms with E-state index in [4.69, 9.17) is 33.8 Å². The number of aliphatic hydroxyl groups excluding tert-OH is 1. The smallest absolute Gasteiger partial charge is 0.270 e. The van der Waals surface area contributed by atoms with Crippen molar-refractivity contribution in [1.29, 1.82) is 0 Å². The van der Waals surface area contributed by atoms with Crippen molar-refractivity contribution in [2.24, 2.45) is 55.8 Å². The SMILES string of the molecule is CC(=O)N1CCC(CN2C(=O)C(C)(c3cccc(-c4cccc([N+](=O)[O-])c4)c3)N=C2N)CC1.CC(O)CN1C(=O)C(c2cccc(-c3cccc(Cl)c3)c2)(C2CC2)N=C1N.CCCCC(=O)N[C@@H]1CCC[C@H](C[C@@]2(CCC3CCCCC3)N=C(N)N(C)C2=O)C1. The van der Waals surface area contributed by atoms with Crippen molar-refractivity contribution in [2.45, 2.75) is 178 Å². The summed E-state index contributed by atoms with van der Waals surface area (Å²) in [5, 5.41) is 24.8. The molecule has 482 valence electrons. The minimum Gasteiger partial charge on any atom is -0.392 e. The van der Waals surface area contributed by atoms with Crippen LogP contribution in [0.1, 0.15) is 161 Å². The number of piperidine rings is 1. The summed E-state index contributed by atoms with van der Waals surface area (Å²) in [6.07, 6.45) is 18.9. The molecule has 0 spiro atoms. The van der Waals surface area contributed by atoms with E-state index in [2.05, 4.69) is 22.2 Å². The summed E-state index contributed by atoms with van der Waals surface area (Å²) in [7, 11) is 1.75. The van der Waals surface area contributed by atoms with Crippen molar-refractivity contribution < 1.29 is 34.0 Å². The van der Waals surface area contributed by atoms with E-state index in [1.165, 1.54) is 49.1 Å². The lowest BCUT2D eigenvalue weighted by Crippen LogP contribution is -2.46. The van der Waals surface area contributed by atoms with E-state index in [1.807, 2.05) is 77.7 Å². The number of nitrogens with zero attached hydrogens (tertiary/aromatic N) is 8.